The van der Waals surface area contributed by atoms with Gasteiger partial charge in [0.05, 0.1) is 10.2 Å². The molecule has 0 aliphatic rings. The number of benzene rings is 1. The zero-order chi connectivity index (χ0) is 13.0. The normalized spacial score (nSPS) is 10.8. The van der Waals surface area contributed by atoms with Gasteiger partial charge in [-0.15, -0.1) is 11.3 Å². The molecule has 1 aromatic carbocycles. The fraction of sp³-hybridized carbons (Fsp3) is 0.333. The fourth-order valence-corrected chi connectivity index (χ4v) is 5.27. The van der Waals surface area contributed by atoms with E-state index >= 15 is 0 Å². The van der Waals surface area contributed by atoms with Crippen LogP contribution in [0.4, 0.5) is 0 Å². The van der Waals surface area contributed by atoms with Crippen LogP contribution in [0.1, 0.15) is 13.8 Å². The van der Waals surface area contributed by atoms with Crippen LogP contribution >= 0.6 is 45.1 Å². The number of hydrogen-bond donors (Lipinski definition) is 0. The number of rotatable bonds is 4. The molecule has 0 bridgehead atoms. The lowest BCUT2D eigenvalue weighted by atomic mass is 10.3. The summed E-state index contributed by atoms with van der Waals surface area (Å²) in [5, 5.41) is 0. The lowest BCUT2D eigenvalue weighted by Gasteiger charge is -2.19. The van der Waals surface area contributed by atoms with Crippen molar-refractivity contribution in [1.82, 2.24) is 9.88 Å². The van der Waals surface area contributed by atoms with E-state index < -0.39 is 0 Å². The zero-order valence-corrected chi connectivity index (χ0v) is 13.5. The average molecular weight is 315 g/mol. The van der Waals surface area contributed by atoms with Gasteiger partial charge >= 0.3 is 0 Å². The molecule has 0 saturated carbocycles. The summed E-state index contributed by atoms with van der Waals surface area (Å²) in [4.78, 5) is 6.76. The Hall–Kier alpha value is -0.300. The minimum Gasteiger partial charge on any atom is -0.357 e. The van der Waals surface area contributed by atoms with Gasteiger partial charge in [0.25, 0.3) is 0 Å². The number of aromatic nitrogens is 1. The van der Waals surface area contributed by atoms with Crippen molar-refractivity contribution in [1.29, 1.82) is 0 Å². The Morgan fingerprint density at radius 3 is 2.72 bits per heavy atom. The summed E-state index contributed by atoms with van der Waals surface area (Å²) in [5.41, 5.74) is 1.07. The Balaban J connectivity index is 1.99. The van der Waals surface area contributed by atoms with E-state index in [0.717, 1.165) is 27.3 Å². The number of fused-ring (bicyclic) bond motifs is 1. The molecule has 2 nitrogen and oxygen atoms in total. The van der Waals surface area contributed by atoms with Gasteiger partial charge in [-0.1, -0.05) is 24.4 Å². The number of thiazole rings is 1. The lowest BCUT2D eigenvalue weighted by molar-refractivity contribution is 0.482. The van der Waals surface area contributed by atoms with E-state index in [4.69, 9.17) is 12.2 Å². The van der Waals surface area contributed by atoms with Gasteiger partial charge in [0, 0.05) is 13.1 Å². The standard InChI is InChI=1S/C12H14N2S4/c1-3-14(4-2)12(15)18-17-11-13-9-7-5-6-8-10(9)16-11/h5-8H,3-4H2,1-2H3. The van der Waals surface area contributed by atoms with Crippen LogP contribution in [0, 0.1) is 0 Å². The highest BCUT2D eigenvalue weighted by Gasteiger charge is 2.09. The summed E-state index contributed by atoms with van der Waals surface area (Å²) in [6.45, 7) is 6.17. The molecule has 96 valence electrons. The van der Waals surface area contributed by atoms with Crippen LogP contribution in [-0.4, -0.2) is 27.3 Å². The van der Waals surface area contributed by atoms with E-state index in [9.17, 15) is 0 Å². The molecule has 0 atom stereocenters. The maximum Gasteiger partial charge on any atom is 0.162 e. The largest absolute Gasteiger partial charge is 0.357 e. The predicted octanol–water partition coefficient (Wildman–Crippen LogP) is 4.66. The second kappa shape index (κ2) is 6.75. The molecule has 0 amide bonds. The van der Waals surface area contributed by atoms with Crippen molar-refractivity contribution in [2.75, 3.05) is 13.1 Å². The van der Waals surface area contributed by atoms with Crippen molar-refractivity contribution in [3.63, 3.8) is 0 Å². The SMILES string of the molecule is CCN(CC)C(=S)SSc1nc2ccccc2s1. The molecular formula is C12H14N2S4. The molecule has 0 spiro atoms. The molecule has 6 heteroatoms. The first-order valence-corrected chi connectivity index (χ1v) is 9.11. The van der Waals surface area contributed by atoms with Crippen molar-refractivity contribution >= 4 is 59.7 Å². The number of nitrogens with zero attached hydrogens (tertiary/aromatic N) is 2. The molecule has 1 heterocycles. The molecule has 0 aliphatic carbocycles. The third-order valence-corrected chi connectivity index (χ3v) is 6.87. The monoisotopic (exact) mass is 314 g/mol. The van der Waals surface area contributed by atoms with Crippen LogP contribution in [0.2, 0.25) is 0 Å². The summed E-state index contributed by atoms with van der Waals surface area (Å²) in [6.07, 6.45) is 0. The van der Waals surface area contributed by atoms with Crippen LogP contribution in [0.5, 0.6) is 0 Å². The quantitative estimate of drug-likeness (QED) is 0.600. The van der Waals surface area contributed by atoms with Crippen LogP contribution in [-0.2, 0) is 0 Å². The first-order chi connectivity index (χ1) is 8.74. The van der Waals surface area contributed by atoms with E-state index in [-0.39, 0.29) is 0 Å². The third kappa shape index (κ3) is 3.38. The number of thiocarbonyl (C=S) groups is 1. The Kier molecular flexibility index (Phi) is 5.29. The van der Waals surface area contributed by atoms with Crippen molar-refractivity contribution < 1.29 is 0 Å². The van der Waals surface area contributed by atoms with Crippen molar-refractivity contribution in [2.45, 2.75) is 18.2 Å². The molecule has 2 rings (SSSR count). The molecule has 0 aliphatic heterocycles. The summed E-state index contributed by atoms with van der Waals surface area (Å²) in [7, 11) is 3.28. The van der Waals surface area contributed by atoms with Crippen LogP contribution in [0.15, 0.2) is 28.6 Å². The second-order valence-corrected chi connectivity index (χ2v) is 7.59. The lowest BCUT2D eigenvalue weighted by Crippen LogP contribution is -2.25. The second-order valence-electron chi connectivity index (χ2n) is 3.55. The van der Waals surface area contributed by atoms with Gasteiger partial charge in [-0.05, 0) is 47.6 Å². The van der Waals surface area contributed by atoms with Gasteiger partial charge in [0.15, 0.2) is 4.34 Å². The number of para-hydroxylation sites is 1. The van der Waals surface area contributed by atoms with E-state index in [2.05, 4.69) is 29.8 Å². The van der Waals surface area contributed by atoms with E-state index in [1.54, 1.807) is 32.9 Å². The average Bonchev–Trinajstić information content (AvgIpc) is 2.80. The highest BCUT2D eigenvalue weighted by Crippen LogP contribution is 2.37. The van der Waals surface area contributed by atoms with Gasteiger partial charge in [-0.2, -0.15) is 0 Å². The predicted molar refractivity (Wildman–Crippen MR) is 88.6 cm³/mol. The Labute approximate surface area is 125 Å². The molecule has 0 N–H and O–H groups in total. The Bertz CT molecular complexity index is 501. The summed E-state index contributed by atoms with van der Waals surface area (Å²) >= 11 is 7.12. The van der Waals surface area contributed by atoms with Crippen LogP contribution in [0.3, 0.4) is 0 Å². The van der Waals surface area contributed by atoms with E-state index in [1.165, 1.54) is 4.70 Å². The van der Waals surface area contributed by atoms with Crippen molar-refractivity contribution in [3.8, 4) is 0 Å². The first-order valence-electron chi connectivity index (χ1n) is 5.73. The maximum atomic E-state index is 5.40. The van der Waals surface area contributed by atoms with Gasteiger partial charge in [-0.25, -0.2) is 4.98 Å². The van der Waals surface area contributed by atoms with Gasteiger partial charge in [0.1, 0.15) is 4.32 Å². The van der Waals surface area contributed by atoms with Crippen LogP contribution < -0.4 is 0 Å². The highest BCUT2D eigenvalue weighted by atomic mass is 33.1. The summed E-state index contributed by atoms with van der Waals surface area (Å²) in [5.74, 6) is 0. The third-order valence-electron chi connectivity index (χ3n) is 2.48. The molecule has 0 fully saturated rings. The molecule has 0 saturated heterocycles. The van der Waals surface area contributed by atoms with Gasteiger partial charge < -0.3 is 4.90 Å². The molecule has 2 aromatic rings. The smallest absolute Gasteiger partial charge is 0.162 e. The van der Waals surface area contributed by atoms with Crippen molar-refractivity contribution in [2.24, 2.45) is 0 Å². The molecule has 0 radical (unpaired) electrons. The first kappa shape index (κ1) is 14.1. The highest BCUT2D eigenvalue weighted by molar-refractivity contribution is 8.83. The minimum atomic E-state index is 0.934. The Morgan fingerprint density at radius 2 is 2.06 bits per heavy atom. The van der Waals surface area contributed by atoms with E-state index in [0.29, 0.717) is 0 Å². The minimum absolute atomic E-state index is 0.934. The molecule has 1 aromatic heterocycles. The van der Waals surface area contributed by atoms with Gasteiger partial charge in [0.2, 0.25) is 0 Å². The topological polar surface area (TPSA) is 16.1 Å². The number of hydrogen-bond acceptors (Lipinski definition) is 5. The summed E-state index contributed by atoms with van der Waals surface area (Å²) in [6, 6.07) is 8.21. The van der Waals surface area contributed by atoms with E-state index in [1.807, 2.05) is 18.2 Å². The zero-order valence-electron chi connectivity index (χ0n) is 10.3. The maximum absolute atomic E-state index is 5.40. The van der Waals surface area contributed by atoms with Gasteiger partial charge in [-0.3, -0.25) is 0 Å². The molecular weight excluding hydrogens is 300 g/mol. The molecule has 0 unspecified atom stereocenters. The van der Waals surface area contributed by atoms with Crippen LogP contribution in [0.25, 0.3) is 10.2 Å². The summed E-state index contributed by atoms with van der Waals surface area (Å²) < 4.78 is 3.23. The molecule has 18 heavy (non-hydrogen) atoms. The Morgan fingerprint density at radius 1 is 1.33 bits per heavy atom. The van der Waals surface area contributed by atoms with Crippen molar-refractivity contribution in [3.05, 3.63) is 24.3 Å². The fourth-order valence-electron chi connectivity index (χ4n) is 1.49.